The number of carboxylic acid groups (broad SMARTS) is 2. The predicted molar refractivity (Wildman–Crippen MR) is 136 cm³/mol. The van der Waals surface area contributed by atoms with Gasteiger partial charge < -0.3 is 25.0 Å². The summed E-state index contributed by atoms with van der Waals surface area (Å²) in [6.45, 7) is 0.776. The molecule has 2 aliphatic heterocycles. The number of nitrogens with zero attached hydrogens (tertiary/aromatic N) is 1. The van der Waals surface area contributed by atoms with Crippen LogP contribution in [0, 0.1) is 0 Å². The molecule has 5 rings (SSSR count). The SMILES string of the molecule is O=C(Nc1cccc(Oc2ccc(C(=O)O)c(C(=O)O)c2)c1)c1ccc2c(c1)C(=O)N(CC1CCCO1)C2=O. The normalized spacial score (nSPS) is 16.2. The molecule has 0 aromatic heterocycles. The van der Waals surface area contributed by atoms with Gasteiger partial charge in [-0.1, -0.05) is 6.07 Å². The van der Waals surface area contributed by atoms with Crippen LogP contribution in [-0.2, 0) is 4.74 Å². The Bertz CT molecular complexity index is 1530. The number of hydrogen-bond donors (Lipinski definition) is 3. The van der Waals surface area contributed by atoms with Crippen LogP contribution in [0.2, 0.25) is 0 Å². The fourth-order valence-corrected chi connectivity index (χ4v) is 4.52. The second-order valence-electron chi connectivity index (χ2n) is 9.02. The van der Waals surface area contributed by atoms with Crippen molar-refractivity contribution < 1.29 is 43.7 Å². The molecule has 198 valence electrons. The van der Waals surface area contributed by atoms with Gasteiger partial charge in [0.15, 0.2) is 0 Å². The van der Waals surface area contributed by atoms with Crippen molar-refractivity contribution >= 4 is 35.3 Å². The minimum Gasteiger partial charge on any atom is -0.478 e. The van der Waals surface area contributed by atoms with Gasteiger partial charge in [-0.25, -0.2) is 9.59 Å². The van der Waals surface area contributed by atoms with E-state index < -0.39 is 35.2 Å². The molecule has 11 heteroatoms. The van der Waals surface area contributed by atoms with Gasteiger partial charge in [0.05, 0.1) is 34.9 Å². The first-order valence-corrected chi connectivity index (χ1v) is 12.0. The molecule has 1 saturated heterocycles. The van der Waals surface area contributed by atoms with E-state index in [4.69, 9.17) is 9.47 Å². The number of rotatable bonds is 8. The molecule has 0 saturated carbocycles. The number of ether oxygens (including phenoxy) is 2. The Kier molecular flexibility index (Phi) is 6.82. The standard InChI is InChI=1S/C28H22N2O9/c31-24(15-6-8-20-22(11-15)26(33)30(25(20)32)14-19-5-2-10-38-19)29-16-3-1-4-17(12-16)39-18-7-9-21(27(34)35)23(13-18)28(36)37/h1,3-4,6-9,11-13,19H,2,5,10,14H2,(H,29,31)(H,34,35)(H,36,37). The first-order chi connectivity index (χ1) is 18.7. The fourth-order valence-electron chi connectivity index (χ4n) is 4.52. The molecule has 3 amide bonds. The summed E-state index contributed by atoms with van der Waals surface area (Å²) in [6, 6.07) is 14.1. The molecule has 2 aliphatic rings. The highest BCUT2D eigenvalue weighted by Gasteiger charge is 2.38. The van der Waals surface area contributed by atoms with Gasteiger partial charge in [0, 0.05) is 23.9 Å². The van der Waals surface area contributed by atoms with Crippen LogP contribution < -0.4 is 10.1 Å². The van der Waals surface area contributed by atoms with Gasteiger partial charge in [-0.15, -0.1) is 0 Å². The van der Waals surface area contributed by atoms with Crippen LogP contribution in [0.4, 0.5) is 5.69 Å². The van der Waals surface area contributed by atoms with Crippen molar-refractivity contribution in [3.05, 3.63) is 88.5 Å². The minimum atomic E-state index is -1.41. The van der Waals surface area contributed by atoms with Crippen LogP contribution >= 0.6 is 0 Å². The highest BCUT2D eigenvalue weighted by molar-refractivity contribution is 6.22. The van der Waals surface area contributed by atoms with E-state index in [0.29, 0.717) is 12.3 Å². The Balaban J connectivity index is 1.30. The number of fused-ring (bicyclic) bond motifs is 1. The molecule has 0 bridgehead atoms. The highest BCUT2D eigenvalue weighted by Crippen LogP contribution is 2.28. The highest BCUT2D eigenvalue weighted by atomic mass is 16.5. The summed E-state index contributed by atoms with van der Waals surface area (Å²) in [6.07, 6.45) is 1.47. The number of aromatic carboxylic acids is 2. The van der Waals surface area contributed by atoms with E-state index in [1.165, 1.54) is 30.3 Å². The van der Waals surface area contributed by atoms with Crippen LogP contribution in [0.25, 0.3) is 0 Å². The molecule has 1 fully saturated rings. The molecule has 39 heavy (non-hydrogen) atoms. The first kappa shape index (κ1) is 25.6. The quantitative estimate of drug-likeness (QED) is 0.367. The number of carbonyl (C=O) groups is 5. The van der Waals surface area contributed by atoms with Crippen LogP contribution in [0.5, 0.6) is 11.5 Å². The van der Waals surface area contributed by atoms with Gasteiger partial charge in [0.1, 0.15) is 11.5 Å². The van der Waals surface area contributed by atoms with Crippen LogP contribution in [0.3, 0.4) is 0 Å². The molecular weight excluding hydrogens is 508 g/mol. The number of carbonyl (C=O) groups excluding carboxylic acids is 3. The van der Waals surface area contributed by atoms with Crippen LogP contribution in [0.1, 0.15) is 64.6 Å². The molecule has 3 aromatic rings. The summed E-state index contributed by atoms with van der Waals surface area (Å²) >= 11 is 0. The molecule has 11 nitrogen and oxygen atoms in total. The maximum atomic E-state index is 13.0. The van der Waals surface area contributed by atoms with Crippen LogP contribution in [0.15, 0.2) is 60.7 Å². The number of carboxylic acids is 2. The van der Waals surface area contributed by atoms with Gasteiger partial charge >= 0.3 is 11.9 Å². The maximum Gasteiger partial charge on any atom is 0.336 e. The molecule has 3 N–H and O–H groups in total. The largest absolute Gasteiger partial charge is 0.478 e. The zero-order chi connectivity index (χ0) is 27.7. The summed E-state index contributed by atoms with van der Waals surface area (Å²) in [4.78, 5) is 62.4. The van der Waals surface area contributed by atoms with E-state index in [1.54, 1.807) is 18.2 Å². The Morgan fingerprint density at radius 1 is 0.897 bits per heavy atom. The van der Waals surface area contributed by atoms with Crippen molar-refractivity contribution in [3.63, 3.8) is 0 Å². The zero-order valence-electron chi connectivity index (χ0n) is 20.4. The van der Waals surface area contributed by atoms with Gasteiger partial charge in [0.2, 0.25) is 0 Å². The maximum absolute atomic E-state index is 13.0. The smallest absolute Gasteiger partial charge is 0.336 e. The van der Waals surface area contributed by atoms with Crippen LogP contribution in [-0.4, -0.2) is 64.0 Å². The van der Waals surface area contributed by atoms with Crippen molar-refractivity contribution in [2.24, 2.45) is 0 Å². The summed E-state index contributed by atoms with van der Waals surface area (Å²) in [5.41, 5.74) is 0.113. The Morgan fingerprint density at radius 2 is 1.64 bits per heavy atom. The Labute approximate surface area is 221 Å². The van der Waals surface area contributed by atoms with E-state index in [2.05, 4.69) is 5.32 Å². The monoisotopic (exact) mass is 530 g/mol. The first-order valence-electron chi connectivity index (χ1n) is 12.0. The molecule has 1 unspecified atom stereocenters. The molecule has 0 aliphatic carbocycles. The lowest BCUT2D eigenvalue weighted by atomic mass is 10.1. The number of amides is 3. The molecule has 3 aromatic carbocycles. The lowest BCUT2D eigenvalue weighted by molar-refractivity contribution is 0.0475. The third-order valence-corrected chi connectivity index (χ3v) is 6.42. The average molecular weight is 530 g/mol. The number of nitrogens with one attached hydrogen (secondary N) is 1. The third-order valence-electron chi connectivity index (χ3n) is 6.42. The Hall–Kier alpha value is -5.03. The fraction of sp³-hybridized carbons (Fsp3) is 0.179. The lowest BCUT2D eigenvalue weighted by Gasteiger charge is -2.17. The van der Waals surface area contributed by atoms with Gasteiger partial charge in [-0.2, -0.15) is 0 Å². The predicted octanol–water partition coefficient (Wildman–Crippen LogP) is 3.90. The van der Waals surface area contributed by atoms with Crippen molar-refractivity contribution in [2.75, 3.05) is 18.5 Å². The second kappa shape index (κ2) is 10.4. The van der Waals surface area contributed by atoms with E-state index in [0.717, 1.165) is 29.9 Å². The Morgan fingerprint density at radius 3 is 2.36 bits per heavy atom. The van der Waals surface area contributed by atoms with E-state index in [1.807, 2.05) is 0 Å². The lowest BCUT2D eigenvalue weighted by Crippen LogP contribution is -2.36. The molecule has 0 radical (unpaired) electrons. The summed E-state index contributed by atoms with van der Waals surface area (Å²) in [5, 5.41) is 21.2. The molecule has 0 spiro atoms. The number of hydrogen-bond acceptors (Lipinski definition) is 7. The molecule has 1 atom stereocenters. The molecule has 2 heterocycles. The van der Waals surface area contributed by atoms with E-state index in [-0.39, 0.29) is 46.4 Å². The van der Waals surface area contributed by atoms with Crippen molar-refractivity contribution in [1.29, 1.82) is 0 Å². The number of benzene rings is 3. The van der Waals surface area contributed by atoms with Crippen molar-refractivity contribution in [3.8, 4) is 11.5 Å². The summed E-state index contributed by atoms with van der Waals surface area (Å²) in [5.74, 6) is -3.84. The second-order valence-corrected chi connectivity index (χ2v) is 9.02. The third kappa shape index (κ3) is 5.20. The summed E-state index contributed by atoms with van der Waals surface area (Å²) in [7, 11) is 0. The average Bonchev–Trinajstić information content (AvgIpc) is 3.51. The molecular formula is C28H22N2O9. The van der Waals surface area contributed by atoms with E-state index >= 15 is 0 Å². The van der Waals surface area contributed by atoms with E-state index in [9.17, 15) is 34.2 Å². The van der Waals surface area contributed by atoms with Gasteiger partial charge in [-0.05, 0) is 61.4 Å². The summed E-state index contributed by atoms with van der Waals surface area (Å²) < 4.78 is 11.2. The topological polar surface area (TPSA) is 160 Å². The van der Waals surface area contributed by atoms with Crippen molar-refractivity contribution in [2.45, 2.75) is 18.9 Å². The number of anilines is 1. The number of imide groups is 1. The van der Waals surface area contributed by atoms with Crippen molar-refractivity contribution in [1.82, 2.24) is 4.90 Å². The van der Waals surface area contributed by atoms with Gasteiger partial charge in [-0.3, -0.25) is 19.3 Å². The minimum absolute atomic E-state index is 0.0928. The zero-order valence-corrected chi connectivity index (χ0v) is 20.4. The van der Waals surface area contributed by atoms with Gasteiger partial charge in [0.25, 0.3) is 17.7 Å².